The Morgan fingerprint density at radius 1 is 1.00 bits per heavy atom. The molecular weight excluding hydrogens is 463 g/mol. The van der Waals surface area contributed by atoms with Crippen molar-refractivity contribution in [1.82, 2.24) is 19.5 Å². The molecule has 0 unspecified atom stereocenters. The monoisotopic (exact) mass is 484 g/mol. The second-order valence-corrected chi connectivity index (χ2v) is 11.1. The minimum absolute atomic E-state index is 0.000669. The van der Waals surface area contributed by atoms with Crippen molar-refractivity contribution < 1.29 is 30.8 Å². The molecule has 0 spiro atoms. The summed E-state index contributed by atoms with van der Waals surface area (Å²) in [4.78, 5) is 6.71. The van der Waals surface area contributed by atoms with Gasteiger partial charge in [-0.05, 0) is 54.1 Å². The summed E-state index contributed by atoms with van der Waals surface area (Å²) in [6, 6.07) is 9.03. The third kappa shape index (κ3) is 4.75. The van der Waals surface area contributed by atoms with Crippen LogP contribution in [0.5, 0.6) is 0 Å². The molecule has 0 aliphatic carbocycles. The van der Waals surface area contributed by atoms with E-state index in [0.29, 0.717) is 24.2 Å². The third-order valence-corrected chi connectivity index (χ3v) is 8.65. The lowest BCUT2D eigenvalue weighted by molar-refractivity contribution is 0.0730. The van der Waals surface area contributed by atoms with E-state index in [1.807, 2.05) is 0 Å². The minimum Gasteiger partial charge on any atom is -0.395 e. The van der Waals surface area contributed by atoms with Gasteiger partial charge < -0.3 is 9.57 Å². The maximum absolute atomic E-state index is 13.0. The summed E-state index contributed by atoms with van der Waals surface area (Å²) in [5.41, 5.74) is 0.783. The average Bonchev–Trinajstić information content (AvgIpc) is 3.20. The maximum Gasteiger partial charge on any atom is 0.243 e. The number of sulfone groups is 1. The van der Waals surface area contributed by atoms with E-state index in [4.69, 9.17) is 9.57 Å². The van der Waals surface area contributed by atoms with Crippen molar-refractivity contribution in [1.29, 1.82) is 0 Å². The van der Waals surface area contributed by atoms with Gasteiger partial charge in [-0.25, -0.2) is 21.2 Å². The lowest BCUT2D eigenvalue weighted by Gasteiger charge is -2.26. The molecule has 0 radical (unpaired) electrons. The first-order valence-electron chi connectivity index (χ1n) is 9.82. The Morgan fingerprint density at radius 3 is 2.41 bits per heavy atom. The van der Waals surface area contributed by atoms with E-state index in [9.17, 15) is 21.2 Å². The Morgan fingerprint density at radius 2 is 1.69 bits per heavy atom. The number of halogens is 1. The van der Waals surface area contributed by atoms with Gasteiger partial charge in [0.15, 0.2) is 9.84 Å². The fourth-order valence-electron chi connectivity index (χ4n) is 3.23. The first-order chi connectivity index (χ1) is 15.3. The van der Waals surface area contributed by atoms with Gasteiger partial charge in [-0.2, -0.15) is 4.31 Å². The van der Waals surface area contributed by atoms with Crippen LogP contribution in [0.25, 0.3) is 11.0 Å². The van der Waals surface area contributed by atoms with Gasteiger partial charge in [-0.3, -0.25) is 0 Å². The molecule has 1 aliphatic rings. The second-order valence-electron chi connectivity index (χ2n) is 7.09. The standard InChI is InChI=1S/C19H21FN4O6S2/c20-15-2-4-16(5-3-15)31(25,26)13-1-10-30-24-19-14-17(6-7-18(19)21-22-24)32(27,28)23-8-11-29-12-9-23/h2-7,14H,1,8-13H2. The van der Waals surface area contributed by atoms with Crippen molar-refractivity contribution in [2.75, 3.05) is 38.7 Å². The molecule has 10 nitrogen and oxygen atoms in total. The molecular formula is C19H21FN4O6S2. The Bertz CT molecular complexity index is 1300. The van der Waals surface area contributed by atoms with Crippen LogP contribution in [0.15, 0.2) is 52.3 Å². The van der Waals surface area contributed by atoms with Gasteiger partial charge in [0.2, 0.25) is 10.0 Å². The zero-order chi connectivity index (χ0) is 22.8. The highest BCUT2D eigenvalue weighted by Crippen LogP contribution is 2.21. The lowest BCUT2D eigenvalue weighted by atomic mass is 10.3. The van der Waals surface area contributed by atoms with Gasteiger partial charge in [0.1, 0.15) is 23.5 Å². The van der Waals surface area contributed by atoms with Crippen LogP contribution in [0.4, 0.5) is 4.39 Å². The van der Waals surface area contributed by atoms with E-state index in [2.05, 4.69) is 10.3 Å². The zero-order valence-electron chi connectivity index (χ0n) is 16.9. The van der Waals surface area contributed by atoms with E-state index < -0.39 is 25.7 Å². The van der Waals surface area contributed by atoms with Gasteiger partial charge >= 0.3 is 0 Å². The lowest BCUT2D eigenvalue weighted by Crippen LogP contribution is -2.40. The van der Waals surface area contributed by atoms with E-state index >= 15 is 0 Å². The molecule has 1 aliphatic heterocycles. The first-order valence-corrected chi connectivity index (χ1v) is 12.9. The molecule has 1 fully saturated rings. The number of nitrogens with zero attached hydrogens (tertiary/aromatic N) is 4. The van der Waals surface area contributed by atoms with Crippen LogP contribution in [0.1, 0.15) is 6.42 Å². The van der Waals surface area contributed by atoms with Gasteiger partial charge in [-0.15, -0.1) is 5.10 Å². The molecule has 1 aromatic heterocycles. The summed E-state index contributed by atoms with van der Waals surface area (Å²) < 4.78 is 70.0. The van der Waals surface area contributed by atoms with Crippen molar-refractivity contribution in [2.45, 2.75) is 16.2 Å². The van der Waals surface area contributed by atoms with Gasteiger partial charge in [0.05, 0.1) is 28.8 Å². The Kier molecular flexibility index (Phi) is 6.42. The number of fused-ring (bicyclic) bond motifs is 1. The number of ether oxygens (including phenoxy) is 1. The number of hydrogen-bond acceptors (Lipinski definition) is 8. The number of rotatable bonds is 8. The van der Waals surface area contributed by atoms with Gasteiger partial charge in [0, 0.05) is 13.1 Å². The third-order valence-electron chi connectivity index (χ3n) is 4.94. The zero-order valence-corrected chi connectivity index (χ0v) is 18.6. The minimum atomic E-state index is -3.70. The maximum atomic E-state index is 13.0. The van der Waals surface area contributed by atoms with Crippen LogP contribution in [0, 0.1) is 5.82 Å². The van der Waals surface area contributed by atoms with E-state index in [0.717, 1.165) is 17.0 Å². The van der Waals surface area contributed by atoms with Gasteiger partial charge in [-0.1, -0.05) is 4.85 Å². The molecule has 0 atom stereocenters. The average molecular weight is 485 g/mol. The molecule has 0 bridgehead atoms. The molecule has 2 aromatic carbocycles. The summed E-state index contributed by atoms with van der Waals surface area (Å²) in [6.45, 7) is 1.23. The molecule has 1 saturated heterocycles. The Labute approximate surface area is 184 Å². The molecule has 0 amide bonds. The highest BCUT2D eigenvalue weighted by molar-refractivity contribution is 7.91. The molecule has 4 rings (SSSR count). The van der Waals surface area contributed by atoms with Crippen LogP contribution < -0.4 is 4.84 Å². The molecule has 2 heterocycles. The predicted octanol–water partition coefficient (Wildman–Crippen LogP) is 0.884. The van der Waals surface area contributed by atoms with Gasteiger partial charge in [0.25, 0.3) is 0 Å². The van der Waals surface area contributed by atoms with Crippen molar-refractivity contribution in [3.05, 3.63) is 48.3 Å². The van der Waals surface area contributed by atoms with Crippen LogP contribution in [0.2, 0.25) is 0 Å². The van der Waals surface area contributed by atoms with E-state index in [1.165, 1.54) is 34.6 Å². The SMILES string of the molecule is O=S(=O)(CCCOn1nnc2ccc(S(=O)(=O)N3CCOCC3)cc21)c1ccc(F)cc1. The summed E-state index contributed by atoms with van der Waals surface area (Å²) >= 11 is 0. The van der Waals surface area contributed by atoms with E-state index in [-0.39, 0.29) is 41.7 Å². The Hall–Kier alpha value is -2.61. The summed E-state index contributed by atoms with van der Waals surface area (Å²) in [6.07, 6.45) is 0.146. The fourth-order valence-corrected chi connectivity index (χ4v) is 5.94. The van der Waals surface area contributed by atoms with Crippen LogP contribution in [-0.4, -0.2) is 75.0 Å². The summed E-state index contributed by atoms with van der Waals surface area (Å²) in [5.74, 6) is -0.720. The molecule has 3 aromatic rings. The number of morpholine rings is 1. The van der Waals surface area contributed by atoms with Crippen molar-refractivity contribution in [3.63, 3.8) is 0 Å². The summed E-state index contributed by atoms with van der Waals surface area (Å²) in [7, 11) is -7.29. The van der Waals surface area contributed by atoms with Crippen molar-refractivity contribution in [3.8, 4) is 0 Å². The first kappa shape index (κ1) is 22.6. The summed E-state index contributed by atoms with van der Waals surface area (Å²) in [5, 5.41) is 7.80. The van der Waals surface area contributed by atoms with Crippen molar-refractivity contribution >= 4 is 30.9 Å². The smallest absolute Gasteiger partial charge is 0.243 e. The molecule has 172 valence electrons. The molecule has 0 saturated carbocycles. The predicted molar refractivity (Wildman–Crippen MR) is 112 cm³/mol. The van der Waals surface area contributed by atoms with Crippen LogP contribution in [0.3, 0.4) is 0 Å². The molecule has 0 N–H and O–H groups in total. The largest absolute Gasteiger partial charge is 0.395 e. The second kappa shape index (κ2) is 9.10. The highest BCUT2D eigenvalue weighted by atomic mass is 32.2. The Balaban J connectivity index is 1.43. The number of hydrogen-bond donors (Lipinski definition) is 0. The highest BCUT2D eigenvalue weighted by Gasteiger charge is 2.27. The number of benzene rings is 2. The van der Waals surface area contributed by atoms with E-state index in [1.54, 1.807) is 0 Å². The number of aromatic nitrogens is 3. The quantitative estimate of drug-likeness (QED) is 0.341. The normalized spacial score (nSPS) is 15.8. The molecule has 32 heavy (non-hydrogen) atoms. The van der Waals surface area contributed by atoms with Crippen molar-refractivity contribution in [2.24, 2.45) is 0 Å². The number of sulfonamides is 1. The topological polar surface area (TPSA) is 121 Å². The fraction of sp³-hybridized carbons (Fsp3) is 0.368. The van der Waals surface area contributed by atoms with Crippen LogP contribution >= 0.6 is 0 Å². The molecule has 13 heteroatoms. The van der Waals surface area contributed by atoms with Crippen LogP contribution in [-0.2, 0) is 24.6 Å².